The molecule has 7 heteroatoms. The molecular formula is C15H21N3O2S2. The summed E-state index contributed by atoms with van der Waals surface area (Å²) >= 11 is 1.69. The molecule has 2 aromatic rings. The van der Waals surface area contributed by atoms with Crippen LogP contribution in [0, 0.1) is 0 Å². The number of imidazole rings is 1. The van der Waals surface area contributed by atoms with Gasteiger partial charge in [0.25, 0.3) is 0 Å². The summed E-state index contributed by atoms with van der Waals surface area (Å²) in [6.07, 6.45) is 4.43. The molecule has 1 atom stereocenters. The molecule has 1 amide bonds. The van der Waals surface area contributed by atoms with E-state index in [0.29, 0.717) is 12.3 Å². The molecule has 0 radical (unpaired) electrons. The maximum Gasteiger partial charge on any atom is 0.240 e. The van der Waals surface area contributed by atoms with Crippen molar-refractivity contribution in [2.45, 2.75) is 18.7 Å². The molecule has 0 spiro atoms. The molecule has 0 bridgehead atoms. The van der Waals surface area contributed by atoms with Crippen molar-refractivity contribution >= 4 is 39.5 Å². The van der Waals surface area contributed by atoms with Gasteiger partial charge in [-0.15, -0.1) is 0 Å². The molecule has 120 valence electrons. The number of nitrogens with one attached hydrogen (secondary N) is 1. The van der Waals surface area contributed by atoms with Crippen LogP contribution in [0.15, 0.2) is 24.3 Å². The van der Waals surface area contributed by atoms with E-state index in [2.05, 4.69) is 10.3 Å². The van der Waals surface area contributed by atoms with Gasteiger partial charge in [0, 0.05) is 29.4 Å². The number of fused-ring (bicyclic) bond motifs is 1. The monoisotopic (exact) mass is 339 g/mol. The van der Waals surface area contributed by atoms with Gasteiger partial charge in [-0.3, -0.25) is 9.00 Å². The van der Waals surface area contributed by atoms with Crippen molar-refractivity contribution < 1.29 is 9.00 Å². The number of carbonyl (C=O) groups is 1. The van der Waals surface area contributed by atoms with E-state index in [1.54, 1.807) is 18.0 Å². The van der Waals surface area contributed by atoms with Gasteiger partial charge in [0.1, 0.15) is 12.4 Å². The predicted octanol–water partition coefficient (Wildman–Crippen LogP) is 1.78. The van der Waals surface area contributed by atoms with Crippen LogP contribution in [0.4, 0.5) is 0 Å². The highest BCUT2D eigenvalue weighted by atomic mass is 32.2. The highest BCUT2D eigenvalue weighted by Gasteiger charge is 2.12. The molecule has 0 fully saturated rings. The van der Waals surface area contributed by atoms with Crippen LogP contribution >= 0.6 is 11.8 Å². The van der Waals surface area contributed by atoms with Crippen molar-refractivity contribution in [1.29, 1.82) is 0 Å². The molecule has 0 aliphatic heterocycles. The van der Waals surface area contributed by atoms with E-state index in [1.807, 2.05) is 35.1 Å². The molecule has 0 aliphatic rings. The highest BCUT2D eigenvalue weighted by Crippen LogP contribution is 2.18. The molecule has 1 heterocycles. The van der Waals surface area contributed by atoms with E-state index >= 15 is 0 Å². The van der Waals surface area contributed by atoms with Crippen molar-refractivity contribution in [3.05, 3.63) is 30.1 Å². The fourth-order valence-corrected chi connectivity index (χ4v) is 3.27. The second kappa shape index (κ2) is 8.33. The van der Waals surface area contributed by atoms with Gasteiger partial charge in [-0.25, -0.2) is 4.98 Å². The average molecular weight is 339 g/mol. The van der Waals surface area contributed by atoms with Gasteiger partial charge in [0.2, 0.25) is 5.91 Å². The number of aromatic nitrogens is 2. The van der Waals surface area contributed by atoms with Crippen LogP contribution in [0.5, 0.6) is 0 Å². The van der Waals surface area contributed by atoms with Gasteiger partial charge >= 0.3 is 0 Å². The topological polar surface area (TPSA) is 64.0 Å². The zero-order valence-corrected chi connectivity index (χ0v) is 14.5. The van der Waals surface area contributed by atoms with Crippen LogP contribution < -0.4 is 5.32 Å². The lowest BCUT2D eigenvalue weighted by Gasteiger charge is -2.09. The number of hydrogen-bond donors (Lipinski definition) is 1. The summed E-state index contributed by atoms with van der Waals surface area (Å²) < 4.78 is 13.0. The van der Waals surface area contributed by atoms with Crippen LogP contribution in [-0.4, -0.2) is 44.5 Å². The van der Waals surface area contributed by atoms with Gasteiger partial charge in [-0.1, -0.05) is 12.1 Å². The highest BCUT2D eigenvalue weighted by molar-refractivity contribution is 7.97. The molecule has 1 N–H and O–H groups in total. The first-order chi connectivity index (χ1) is 10.6. The Bertz CT molecular complexity index is 670. The Morgan fingerprint density at radius 2 is 2.18 bits per heavy atom. The second-order valence-electron chi connectivity index (χ2n) is 5.02. The zero-order chi connectivity index (χ0) is 15.9. The van der Waals surface area contributed by atoms with Gasteiger partial charge in [-0.05, 0) is 24.8 Å². The quantitative estimate of drug-likeness (QED) is 0.745. The van der Waals surface area contributed by atoms with E-state index in [-0.39, 0.29) is 12.5 Å². The molecule has 22 heavy (non-hydrogen) atoms. The molecule has 1 aromatic carbocycles. The smallest absolute Gasteiger partial charge is 0.240 e. The first kappa shape index (κ1) is 17.0. The summed E-state index contributed by atoms with van der Waals surface area (Å²) in [4.78, 5) is 16.7. The largest absolute Gasteiger partial charge is 0.355 e. The van der Waals surface area contributed by atoms with Crippen molar-refractivity contribution in [2.24, 2.45) is 0 Å². The number of rotatable bonds is 8. The lowest BCUT2D eigenvalue weighted by molar-refractivity contribution is -0.121. The Balaban J connectivity index is 2.04. The predicted molar refractivity (Wildman–Crippen MR) is 93.5 cm³/mol. The van der Waals surface area contributed by atoms with E-state index in [9.17, 15) is 9.00 Å². The molecule has 1 aromatic heterocycles. The number of benzene rings is 1. The molecule has 5 nitrogen and oxygen atoms in total. The van der Waals surface area contributed by atoms with Crippen molar-refractivity contribution in [3.63, 3.8) is 0 Å². The van der Waals surface area contributed by atoms with E-state index < -0.39 is 10.8 Å². The lowest BCUT2D eigenvalue weighted by Crippen LogP contribution is -2.29. The average Bonchev–Trinajstić information content (AvgIpc) is 2.82. The third-order valence-electron chi connectivity index (χ3n) is 3.24. The van der Waals surface area contributed by atoms with E-state index in [0.717, 1.165) is 29.0 Å². The number of carbonyl (C=O) groups excluding carboxylic acids is 1. The summed E-state index contributed by atoms with van der Waals surface area (Å²) in [6, 6.07) is 7.86. The molecule has 0 aliphatic carbocycles. The first-order valence-corrected chi connectivity index (χ1v) is 10.2. The number of hydrogen-bond acceptors (Lipinski definition) is 4. The Hall–Kier alpha value is -1.34. The van der Waals surface area contributed by atoms with Crippen LogP contribution in [0.3, 0.4) is 0 Å². The standard InChI is InChI=1S/C15H21N3O2S2/c1-21-11-14-17-12-6-3-4-7-13(12)18(14)10-15(19)16-8-5-9-22(2)20/h3-4,6-7H,5,8-11H2,1-2H3,(H,16,19). The Labute approximate surface area is 137 Å². The van der Waals surface area contributed by atoms with Gasteiger partial charge in [-0.2, -0.15) is 11.8 Å². The number of para-hydroxylation sites is 2. The minimum Gasteiger partial charge on any atom is -0.355 e. The number of thioether (sulfide) groups is 1. The summed E-state index contributed by atoms with van der Waals surface area (Å²) in [5.41, 5.74) is 1.90. The Morgan fingerprint density at radius 3 is 2.91 bits per heavy atom. The molecular weight excluding hydrogens is 318 g/mol. The fraction of sp³-hybridized carbons (Fsp3) is 0.467. The summed E-state index contributed by atoms with van der Waals surface area (Å²) in [5, 5.41) is 2.88. The van der Waals surface area contributed by atoms with Gasteiger partial charge in [0.15, 0.2) is 0 Å². The number of amides is 1. The second-order valence-corrected chi connectivity index (χ2v) is 7.44. The molecule has 0 saturated heterocycles. The van der Waals surface area contributed by atoms with Crippen molar-refractivity contribution in [2.75, 3.05) is 24.8 Å². The Kier molecular flexibility index (Phi) is 6.45. The van der Waals surface area contributed by atoms with E-state index in [1.165, 1.54) is 0 Å². The zero-order valence-electron chi connectivity index (χ0n) is 12.9. The van der Waals surface area contributed by atoms with Crippen LogP contribution in [0.2, 0.25) is 0 Å². The summed E-state index contributed by atoms with van der Waals surface area (Å²) in [7, 11) is -0.806. The SMILES string of the molecule is CSCc1nc2ccccc2n1CC(=O)NCCCS(C)=O. The van der Waals surface area contributed by atoms with Crippen molar-refractivity contribution in [3.8, 4) is 0 Å². The van der Waals surface area contributed by atoms with Gasteiger partial charge < -0.3 is 9.88 Å². The van der Waals surface area contributed by atoms with Crippen molar-refractivity contribution in [1.82, 2.24) is 14.9 Å². The summed E-state index contributed by atoms with van der Waals surface area (Å²) in [6.45, 7) is 0.828. The first-order valence-electron chi connectivity index (χ1n) is 7.11. The van der Waals surface area contributed by atoms with Gasteiger partial charge in [0.05, 0.1) is 16.8 Å². The van der Waals surface area contributed by atoms with Crippen LogP contribution in [0.25, 0.3) is 11.0 Å². The minimum absolute atomic E-state index is 0.0348. The lowest BCUT2D eigenvalue weighted by atomic mass is 10.3. The Morgan fingerprint density at radius 1 is 1.41 bits per heavy atom. The normalized spacial score (nSPS) is 12.5. The molecule has 1 unspecified atom stereocenters. The third-order valence-corrected chi connectivity index (χ3v) is 4.65. The minimum atomic E-state index is -0.806. The third kappa shape index (κ3) is 4.58. The molecule has 0 saturated carbocycles. The fourth-order valence-electron chi connectivity index (χ4n) is 2.24. The number of nitrogens with zero attached hydrogens (tertiary/aromatic N) is 2. The maximum atomic E-state index is 12.1. The molecule has 2 rings (SSSR count). The van der Waals surface area contributed by atoms with Crippen LogP contribution in [0.1, 0.15) is 12.2 Å². The van der Waals surface area contributed by atoms with E-state index in [4.69, 9.17) is 0 Å². The van der Waals surface area contributed by atoms with Crippen LogP contribution in [-0.2, 0) is 27.9 Å². The maximum absolute atomic E-state index is 12.1. The summed E-state index contributed by atoms with van der Waals surface area (Å²) in [5.74, 6) is 2.27.